The summed E-state index contributed by atoms with van der Waals surface area (Å²) in [5.41, 5.74) is 0.942. The molecule has 0 radical (unpaired) electrons. The van der Waals surface area contributed by atoms with Gasteiger partial charge >= 0.3 is 0 Å². The second-order valence-electron chi connectivity index (χ2n) is 5.42. The lowest BCUT2D eigenvalue weighted by molar-refractivity contribution is -0.139. The number of benzene rings is 1. The van der Waals surface area contributed by atoms with Crippen molar-refractivity contribution in [2.45, 2.75) is 19.8 Å². The molecule has 5 heteroatoms. The van der Waals surface area contributed by atoms with Crippen molar-refractivity contribution < 1.29 is 9.32 Å². The maximum Gasteiger partial charge on any atom is 0.233 e. The predicted molar refractivity (Wildman–Crippen MR) is 73.9 cm³/mol. The van der Waals surface area contributed by atoms with Gasteiger partial charge in [0, 0.05) is 24.6 Å². The molecule has 1 fully saturated rings. The van der Waals surface area contributed by atoms with Crippen molar-refractivity contribution >= 4 is 5.91 Å². The van der Waals surface area contributed by atoms with Crippen LogP contribution in [0.4, 0.5) is 0 Å². The largest absolute Gasteiger partial charge is 0.341 e. The average Bonchev–Trinajstić information content (AvgIpc) is 2.87. The number of aromatic nitrogens is 2. The number of likely N-dealkylation sites (tertiary alicyclic amines) is 1. The minimum atomic E-state index is 0.0403. The van der Waals surface area contributed by atoms with Crippen molar-refractivity contribution in [1.82, 2.24) is 15.0 Å². The Balaban J connectivity index is 1.67. The van der Waals surface area contributed by atoms with Crippen LogP contribution in [-0.4, -0.2) is 34.0 Å². The molecule has 1 aromatic heterocycles. The molecule has 1 aromatic carbocycles. The molecule has 1 saturated heterocycles. The lowest BCUT2D eigenvalue weighted by Crippen LogP contribution is -2.50. The van der Waals surface area contributed by atoms with Gasteiger partial charge in [-0.1, -0.05) is 49.3 Å². The molecule has 1 aliphatic heterocycles. The summed E-state index contributed by atoms with van der Waals surface area (Å²) in [6.45, 7) is 5.17. The molecule has 5 nitrogen and oxygen atoms in total. The topological polar surface area (TPSA) is 59.2 Å². The van der Waals surface area contributed by atoms with Gasteiger partial charge in [-0.15, -0.1) is 0 Å². The average molecular weight is 271 g/mol. The molecule has 0 bridgehead atoms. The van der Waals surface area contributed by atoms with Crippen molar-refractivity contribution in [3.8, 4) is 11.4 Å². The third-order valence-electron chi connectivity index (χ3n) is 3.51. The Morgan fingerprint density at radius 3 is 2.65 bits per heavy atom. The van der Waals surface area contributed by atoms with E-state index < -0.39 is 0 Å². The van der Waals surface area contributed by atoms with Gasteiger partial charge in [-0.2, -0.15) is 4.98 Å². The van der Waals surface area contributed by atoms with Crippen LogP contribution in [0.3, 0.4) is 0 Å². The van der Waals surface area contributed by atoms with Crippen molar-refractivity contribution in [3.05, 3.63) is 36.2 Å². The fourth-order valence-corrected chi connectivity index (χ4v) is 2.29. The molecule has 0 spiro atoms. The first-order valence-electron chi connectivity index (χ1n) is 6.83. The molecule has 0 aliphatic carbocycles. The first kappa shape index (κ1) is 12.8. The predicted octanol–water partition coefficient (Wildman–Crippen LogP) is 2.32. The molecule has 0 unspecified atom stereocenters. The van der Waals surface area contributed by atoms with Gasteiger partial charge in [-0.05, 0) is 0 Å². The Bertz CT molecular complexity index is 601. The number of amides is 1. The lowest BCUT2D eigenvalue weighted by Gasteiger charge is -2.38. The summed E-state index contributed by atoms with van der Waals surface area (Å²) in [6, 6.07) is 9.73. The van der Waals surface area contributed by atoms with Gasteiger partial charge in [0.15, 0.2) is 0 Å². The Kier molecular flexibility index (Phi) is 3.26. The van der Waals surface area contributed by atoms with E-state index in [-0.39, 0.29) is 17.7 Å². The molecule has 20 heavy (non-hydrogen) atoms. The van der Waals surface area contributed by atoms with Crippen LogP contribution >= 0.6 is 0 Å². The maximum atomic E-state index is 11.8. The highest BCUT2D eigenvalue weighted by Gasteiger charge is 2.36. The van der Waals surface area contributed by atoms with Gasteiger partial charge in [0.25, 0.3) is 0 Å². The van der Waals surface area contributed by atoms with Crippen LogP contribution in [0.1, 0.15) is 25.7 Å². The van der Waals surface area contributed by atoms with E-state index in [1.807, 2.05) is 49.1 Å². The van der Waals surface area contributed by atoms with Crippen LogP contribution in [0, 0.1) is 5.92 Å². The molecular formula is C15H17N3O2. The van der Waals surface area contributed by atoms with Crippen LogP contribution in [0.25, 0.3) is 11.4 Å². The van der Waals surface area contributed by atoms with E-state index in [9.17, 15) is 4.79 Å². The first-order valence-corrected chi connectivity index (χ1v) is 6.83. The summed E-state index contributed by atoms with van der Waals surface area (Å²) in [7, 11) is 0. The van der Waals surface area contributed by atoms with E-state index in [2.05, 4.69) is 10.1 Å². The number of hydrogen-bond acceptors (Lipinski definition) is 4. The minimum absolute atomic E-state index is 0.0403. The van der Waals surface area contributed by atoms with Crippen molar-refractivity contribution in [2.75, 3.05) is 13.1 Å². The van der Waals surface area contributed by atoms with Crippen LogP contribution in [-0.2, 0) is 4.79 Å². The highest BCUT2D eigenvalue weighted by molar-refractivity contribution is 5.79. The zero-order chi connectivity index (χ0) is 14.1. The molecule has 0 N–H and O–H groups in total. The van der Waals surface area contributed by atoms with Crippen molar-refractivity contribution in [3.63, 3.8) is 0 Å². The Labute approximate surface area is 117 Å². The third-order valence-corrected chi connectivity index (χ3v) is 3.51. The van der Waals surface area contributed by atoms with Crippen LogP contribution in [0.5, 0.6) is 0 Å². The Morgan fingerprint density at radius 1 is 1.30 bits per heavy atom. The summed E-state index contributed by atoms with van der Waals surface area (Å²) in [5, 5.41) is 4.00. The number of nitrogens with zero attached hydrogens (tertiary/aromatic N) is 3. The van der Waals surface area contributed by atoms with E-state index in [4.69, 9.17) is 4.52 Å². The van der Waals surface area contributed by atoms with Gasteiger partial charge in [0.05, 0.1) is 5.92 Å². The zero-order valence-electron chi connectivity index (χ0n) is 11.6. The first-order chi connectivity index (χ1) is 9.65. The third kappa shape index (κ3) is 2.31. The molecule has 104 valence electrons. The van der Waals surface area contributed by atoms with Gasteiger partial charge in [0.2, 0.25) is 17.6 Å². The summed E-state index contributed by atoms with van der Waals surface area (Å²) >= 11 is 0. The van der Waals surface area contributed by atoms with E-state index in [0.717, 1.165) is 5.56 Å². The summed E-state index contributed by atoms with van der Waals surface area (Å²) in [6.07, 6.45) is 0. The normalized spacial score (nSPS) is 15.4. The molecule has 0 atom stereocenters. The zero-order valence-corrected chi connectivity index (χ0v) is 11.6. The van der Waals surface area contributed by atoms with Gasteiger partial charge < -0.3 is 9.42 Å². The van der Waals surface area contributed by atoms with Crippen LogP contribution in [0.15, 0.2) is 34.9 Å². The highest BCUT2D eigenvalue weighted by atomic mass is 16.5. The molecule has 1 aliphatic rings. The number of rotatable bonds is 3. The monoisotopic (exact) mass is 271 g/mol. The van der Waals surface area contributed by atoms with Crippen molar-refractivity contribution in [2.24, 2.45) is 5.92 Å². The van der Waals surface area contributed by atoms with E-state index in [1.54, 1.807) is 0 Å². The SMILES string of the molecule is CC(C)C(=O)N1CC(c2nc(-c3ccccc3)no2)C1. The van der Waals surface area contributed by atoms with E-state index in [1.165, 1.54) is 0 Å². The molecule has 2 aromatic rings. The van der Waals surface area contributed by atoms with E-state index >= 15 is 0 Å². The summed E-state index contributed by atoms with van der Waals surface area (Å²) in [4.78, 5) is 18.0. The maximum absolute atomic E-state index is 11.8. The fraction of sp³-hybridized carbons (Fsp3) is 0.400. The van der Waals surface area contributed by atoms with E-state index in [0.29, 0.717) is 24.8 Å². The minimum Gasteiger partial charge on any atom is -0.341 e. The second kappa shape index (κ2) is 5.07. The van der Waals surface area contributed by atoms with Gasteiger partial charge in [0.1, 0.15) is 0 Å². The molecule has 1 amide bonds. The fourth-order valence-electron chi connectivity index (χ4n) is 2.29. The highest BCUT2D eigenvalue weighted by Crippen LogP contribution is 2.28. The number of carbonyl (C=O) groups excluding carboxylic acids is 1. The smallest absolute Gasteiger partial charge is 0.233 e. The number of carbonyl (C=O) groups is 1. The Morgan fingerprint density at radius 2 is 2.00 bits per heavy atom. The van der Waals surface area contributed by atoms with Crippen LogP contribution in [0.2, 0.25) is 0 Å². The van der Waals surface area contributed by atoms with Crippen LogP contribution < -0.4 is 0 Å². The van der Waals surface area contributed by atoms with Crippen molar-refractivity contribution in [1.29, 1.82) is 0 Å². The standard InChI is InChI=1S/C15H17N3O2/c1-10(2)15(19)18-8-12(9-18)14-16-13(17-20-14)11-6-4-3-5-7-11/h3-7,10,12H,8-9H2,1-2H3. The lowest BCUT2D eigenvalue weighted by atomic mass is 9.98. The van der Waals surface area contributed by atoms with Gasteiger partial charge in [-0.25, -0.2) is 0 Å². The number of hydrogen-bond donors (Lipinski definition) is 0. The molecule has 3 rings (SSSR count). The second-order valence-corrected chi connectivity index (χ2v) is 5.42. The molecule has 0 saturated carbocycles. The quantitative estimate of drug-likeness (QED) is 0.859. The van der Waals surface area contributed by atoms with Gasteiger partial charge in [-0.3, -0.25) is 4.79 Å². The summed E-state index contributed by atoms with van der Waals surface area (Å²) in [5.74, 6) is 1.62. The Hall–Kier alpha value is -2.17. The molecular weight excluding hydrogens is 254 g/mol. The summed E-state index contributed by atoms with van der Waals surface area (Å²) < 4.78 is 5.31. The molecule has 2 heterocycles.